The number of nitrogens with one attached hydrogen (secondary N) is 3. The van der Waals surface area contributed by atoms with E-state index in [1.807, 2.05) is 0 Å². The zero-order valence-electron chi connectivity index (χ0n) is 13.4. The molecule has 2 heterocycles. The van der Waals surface area contributed by atoms with Crippen molar-refractivity contribution in [1.82, 2.24) is 4.98 Å². The Kier molecular flexibility index (Phi) is 4.80. The van der Waals surface area contributed by atoms with Crippen LogP contribution in [-0.4, -0.2) is 28.4 Å². The number of carbonyl (C=O) groups excluding carboxylic acids is 2. The predicted molar refractivity (Wildman–Crippen MR) is 96.7 cm³/mol. The van der Waals surface area contributed by atoms with E-state index in [2.05, 4.69) is 10.3 Å². The van der Waals surface area contributed by atoms with E-state index in [4.69, 9.17) is 11.1 Å². The van der Waals surface area contributed by atoms with Crippen LogP contribution in [0.15, 0.2) is 28.5 Å². The predicted octanol–water partition coefficient (Wildman–Crippen LogP) is 1.88. The lowest BCUT2D eigenvalue weighted by atomic mass is 9.93. The van der Waals surface area contributed by atoms with Gasteiger partial charge in [-0.15, -0.1) is 11.3 Å². The molecule has 1 saturated carbocycles. The fraction of sp³-hybridized carbons (Fsp3) is 0.294. The number of carbonyl (C=O) groups is 2. The summed E-state index contributed by atoms with van der Waals surface area (Å²) in [5.41, 5.74) is 6.14. The molecule has 0 aliphatic heterocycles. The summed E-state index contributed by atoms with van der Waals surface area (Å²) >= 11 is 1.14. The van der Waals surface area contributed by atoms with Crippen molar-refractivity contribution >= 4 is 34.4 Å². The number of Topliss-reactive ketones (excluding diaryl/α,β-unsaturated/α-hetero) is 1. The van der Waals surface area contributed by atoms with Crippen molar-refractivity contribution < 1.29 is 9.59 Å². The number of pyridine rings is 1. The van der Waals surface area contributed by atoms with Crippen LogP contribution in [0.25, 0.3) is 0 Å². The van der Waals surface area contributed by atoms with Gasteiger partial charge in [-0.1, -0.05) is 0 Å². The number of primary amides is 1. The van der Waals surface area contributed by atoms with Crippen LogP contribution in [-0.2, 0) is 4.79 Å². The van der Waals surface area contributed by atoms with E-state index in [-0.39, 0.29) is 28.7 Å². The second kappa shape index (κ2) is 7.02. The number of ketones is 1. The van der Waals surface area contributed by atoms with E-state index in [0.29, 0.717) is 41.8 Å². The molecule has 0 saturated heterocycles. The molecule has 1 amide bonds. The first-order valence-electron chi connectivity index (χ1n) is 7.93. The Morgan fingerprint density at radius 2 is 2.04 bits per heavy atom. The van der Waals surface area contributed by atoms with Gasteiger partial charge in [0.15, 0.2) is 0 Å². The van der Waals surface area contributed by atoms with Gasteiger partial charge in [-0.05, 0) is 25.0 Å². The standard InChI is InChI=1S/C17H18N4O3S/c18-15(9-7-13(16(19)23)25-8-9)14-12(5-6-20-17(14)24)21-10-1-3-11(22)4-2-10/h5-8,10,18H,1-4H2,(H2,19,23)(H2,20,21,24). The topological polar surface area (TPSA) is 129 Å². The van der Waals surface area contributed by atoms with Crippen LogP contribution in [0.3, 0.4) is 0 Å². The van der Waals surface area contributed by atoms with Gasteiger partial charge in [-0.2, -0.15) is 0 Å². The Hall–Kier alpha value is -2.74. The average molecular weight is 358 g/mol. The second-order valence-corrected chi connectivity index (χ2v) is 6.90. The molecule has 25 heavy (non-hydrogen) atoms. The van der Waals surface area contributed by atoms with Crippen molar-refractivity contribution in [1.29, 1.82) is 5.41 Å². The third-order valence-corrected chi connectivity index (χ3v) is 5.19. The SMILES string of the molecule is N=C(c1csc(C(N)=O)c1)c1c(NC2CCC(=O)CC2)cc[nH]c1=O. The number of hydrogen-bond acceptors (Lipinski definition) is 6. The highest BCUT2D eigenvalue weighted by Gasteiger charge is 2.22. The molecule has 7 nitrogen and oxygen atoms in total. The molecule has 8 heteroatoms. The van der Waals surface area contributed by atoms with Gasteiger partial charge in [-0.3, -0.25) is 19.8 Å². The van der Waals surface area contributed by atoms with Gasteiger partial charge in [0.1, 0.15) is 5.78 Å². The number of hydrogen-bond donors (Lipinski definition) is 4. The highest BCUT2D eigenvalue weighted by molar-refractivity contribution is 7.12. The van der Waals surface area contributed by atoms with Crippen molar-refractivity contribution in [2.24, 2.45) is 5.73 Å². The lowest BCUT2D eigenvalue weighted by Gasteiger charge is -2.24. The minimum atomic E-state index is -0.559. The highest BCUT2D eigenvalue weighted by atomic mass is 32.1. The molecule has 0 spiro atoms. The third kappa shape index (κ3) is 3.69. The van der Waals surface area contributed by atoms with Crippen LogP contribution in [0.4, 0.5) is 5.69 Å². The Balaban J connectivity index is 1.89. The van der Waals surface area contributed by atoms with Gasteiger partial charge in [0.25, 0.3) is 11.5 Å². The monoisotopic (exact) mass is 358 g/mol. The van der Waals surface area contributed by atoms with Gasteiger partial charge in [0.05, 0.1) is 21.8 Å². The molecular formula is C17H18N4O3S. The van der Waals surface area contributed by atoms with E-state index < -0.39 is 5.91 Å². The minimum absolute atomic E-state index is 0.0278. The first-order valence-corrected chi connectivity index (χ1v) is 8.81. The van der Waals surface area contributed by atoms with Gasteiger partial charge >= 0.3 is 0 Å². The van der Waals surface area contributed by atoms with Gasteiger partial charge in [0, 0.05) is 36.0 Å². The Morgan fingerprint density at radius 1 is 1.32 bits per heavy atom. The summed E-state index contributed by atoms with van der Waals surface area (Å²) in [5.74, 6) is -0.301. The molecule has 0 unspecified atom stereocenters. The van der Waals surface area contributed by atoms with Crippen molar-refractivity contribution in [3.8, 4) is 0 Å². The summed E-state index contributed by atoms with van der Waals surface area (Å²) in [6, 6.07) is 3.32. The Morgan fingerprint density at radius 3 is 2.68 bits per heavy atom. The van der Waals surface area contributed by atoms with Crippen LogP contribution >= 0.6 is 11.3 Å². The molecule has 2 aromatic heterocycles. The lowest BCUT2D eigenvalue weighted by Crippen LogP contribution is -2.29. The number of H-pyrrole nitrogens is 1. The minimum Gasteiger partial charge on any atom is -0.382 e. The summed E-state index contributed by atoms with van der Waals surface area (Å²) in [7, 11) is 0. The van der Waals surface area contributed by atoms with Crippen molar-refractivity contribution in [2.75, 3.05) is 5.32 Å². The van der Waals surface area contributed by atoms with Crippen LogP contribution < -0.4 is 16.6 Å². The quantitative estimate of drug-likeness (QED) is 0.608. The first kappa shape index (κ1) is 17.1. The first-order chi connectivity index (χ1) is 12.0. The number of anilines is 1. The van der Waals surface area contributed by atoms with E-state index in [1.54, 1.807) is 11.4 Å². The number of aromatic amines is 1. The van der Waals surface area contributed by atoms with E-state index in [1.165, 1.54) is 12.3 Å². The molecule has 0 atom stereocenters. The number of aromatic nitrogens is 1. The number of rotatable bonds is 5. The lowest BCUT2D eigenvalue weighted by molar-refractivity contribution is -0.120. The molecule has 1 aliphatic rings. The van der Waals surface area contributed by atoms with E-state index in [9.17, 15) is 14.4 Å². The van der Waals surface area contributed by atoms with Crippen molar-refractivity contribution in [2.45, 2.75) is 31.7 Å². The zero-order valence-corrected chi connectivity index (χ0v) is 14.2. The summed E-state index contributed by atoms with van der Waals surface area (Å²) in [4.78, 5) is 37.9. The molecule has 0 bridgehead atoms. The maximum Gasteiger partial charge on any atom is 0.259 e. The second-order valence-electron chi connectivity index (χ2n) is 5.99. The molecule has 5 N–H and O–H groups in total. The summed E-state index contributed by atoms with van der Waals surface area (Å²) < 4.78 is 0. The van der Waals surface area contributed by atoms with Gasteiger partial charge in [0.2, 0.25) is 0 Å². The number of thiophene rings is 1. The fourth-order valence-electron chi connectivity index (χ4n) is 2.89. The van der Waals surface area contributed by atoms with Crippen LogP contribution in [0.2, 0.25) is 0 Å². The third-order valence-electron chi connectivity index (χ3n) is 4.24. The maximum atomic E-state index is 12.3. The van der Waals surface area contributed by atoms with Crippen LogP contribution in [0.5, 0.6) is 0 Å². The van der Waals surface area contributed by atoms with Crippen LogP contribution in [0, 0.1) is 5.41 Å². The molecule has 3 rings (SSSR count). The van der Waals surface area contributed by atoms with Gasteiger partial charge < -0.3 is 16.0 Å². The Labute approximate surface area is 147 Å². The molecule has 130 valence electrons. The Bertz CT molecular complexity index is 889. The molecule has 1 fully saturated rings. The molecular weight excluding hydrogens is 340 g/mol. The van der Waals surface area contributed by atoms with Gasteiger partial charge in [-0.25, -0.2) is 0 Å². The summed E-state index contributed by atoms with van der Waals surface area (Å²) in [5, 5.41) is 13.3. The van der Waals surface area contributed by atoms with Crippen LogP contribution in [0.1, 0.15) is 46.5 Å². The van der Waals surface area contributed by atoms with Crippen molar-refractivity contribution in [3.05, 3.63) is 50.1 Å². The fourth-order valence-corrected chi connectivity index (χ4v) is 3.64. The molecule has 0 radical (unpaired) electrons. The smallest absolute Gasteiger partial charge is 0.259 e. The molecule has 0 aromatic carbocycles. The van der Waals surface area contributed by atoms with E-state index in [0.717, 1.165) is 11.3 Å². The van der Waals surface area contributed by atoms with Crippen molar-refractivity contribution in [3.63, 3.8) is 0 Å². The normalized spacial score (nSPS) is 15.1. The maximum absolute atomic E-state index is 12.3. The highest BCUT2D eigenvalue weighted by Crippen LogP contribution is 2.24. The summed E-state index contributed by atoms with van der Waals surface area (Å²) in [6.07, 6.45) is 4.00. The number of nitrogens with two attached hydrogens (primary N) is 1. The summed E-state index contributed by atoms with van der Waals surface area (Å²) in [6.45, 7) is 0. The largest absolute Gasteiger partial charge is 0.382 e. The molecule has 2 aromatic rings. The van der Waals surface area contributed by atoms with E-state index >= 15 is 0 Å². The molecule has 1 aliphatic carbocycles. The zero-order chi connectivity index (χ0) is 18.0. The number of amides is 1. The average Bonchev–Trinajstić information content (AvgIpc) is 3.07.